The van der Waals surface area contributed by atoms with Crippen LogP contribution in [0.4, 0.5) is 11.4 Å². The number of benzene rings is 4. The van der Waals surface area contributed by atoms with Crippen molar-refractivity contribution in [2.75, 3.05) is 37.5 Å². The van der Waals surface area contributed by atoms with Crippen molar-refractivity contribution in [3.05, 3.63) is 132 Å². The quantitative estimate of drug-likeness (QED) is 0.136. The van der Waals surface area contributed by atoms with E-state index in [4.69, 9.17) is 19.9 Å². The van der Waals surface area contributed by atoms with Gasteiger partial charge in [-0.15, -0.1) is 0 Å². The molecule has 0 atom stereocenters. The molecular formula is C38H38N4O5. The number of nitrogens with two attached hydrogens (primary N) is 1. The van der Waals surface area contributed by atoms with Crippen LogP contribution in [0.25, 0.3) is 11.3 Å². The number of carbonyl (C=O) groups is 2. The summed E-state index contributed by atoms with van der Waals surface area (Å²) in [6.07, 6.45) is 2.44. The second kappa shape index (κ2) is 15.6. The monoisotopic (exact) mass is 630 g/mol. The first-order valence-corrected chi connectivity index (χ1v) is 15.3. The number of nitrogens with one attached hydrogen (secondary N) is 1. The molecular weight excluding hydrogens is 592 g/mol. The molecule has 0 spiro atoms. The van der Waals surface area contributed by atoms with Crippen LogP contribution in [-0.4, -0.2) is 44.1 Å². The predicted molar refractivity (Wildman–Crippen MR) is 184 cm³/mol. The maximum Gasteiger partial charge on any atom is 0.259 e. The molecule has 9 heteroatoms. The van der Waals surface area contributed by atoms with Crippen molar-refractivity contribution in [1.82, 2.24) is 4.98 Å². The molecule has 1 aromatic heterocycles. The van der Waals surface area contributed by atoms with Crippen molar-refractivity contribution in [1.29, 1.82) is 0 Å². The Balaban J connectivity index is 1.29. The van der Waals surface area contributed by atoms with Gasteiger partial charge in [-0.25, -0.2) is 0 Å². The average molecular weight is 631 g/mol. The van der Waals surface area contributed by atoms with Gasteiger partial charge in [0, 0.05) is 24.4 Å². The van der Waals surface area contributed by atoms with Gasteiger partial charge >= 0.3 is 0 Å². The Morgan fingerprint density at radius 3 is 2.38 bits per heavy atom. The van der Waals surface area contributed by atoms with Gasteiger partial charge in [-0.3, -0.25) is 14.6 Å². The third-order valence-corrected chi connectivity index (χ3v) is 7.52. The summed E-state index contributed by atoms with van der Waals surface area (Å²) in [6, 6.07) is 31.5. The van der Waals surface area contributed by atoms with Gasteiger partial charge in [0.25, 0.3) is 11.8 Å². The van der Waals surface area contributed by atoms with Gasteiger partial charge in [0.2, 0.25) is 0 Å². The molecule has 0 aliphatic heterocycles. The molecule has 5 aromatic rings. The highest BCUT2D eigenvalue weighted by Gasteiger charge is 2.21. The Hall–Kier alpha value is -5.67. The number of amides is 2. The predicted octanol–water partition coefficient (Wildman–Crippen LogP) is 6.90. The van der Waals surface area contributed by atoms with Crippen LogP contribution in [0.3, 0.4) is 0 Å². The number of para-hydroxylation sites is 1. The summed E-state index contributed by atoms with van der Waals surface area (Å²) in [7, 11) is 3.19. The Kier molecular flexibility index (Phi) is 10.8. The van der Waals surface area contributed by atoms with Gasteiger partial charge in [0.05, 0.1) is 36.3 Å². The lowest BCUT2D eigenvalue weighted by molar-refractivity contribution is 0.0990. The third kappa shape index (κ3) is 8.14. The van der Waals surface area contributed by atoms with Gasteiger partial charge in [0.15, 0.2) is 0 Å². The molecule has 0 bridgehead atoms. The van der Waals surface area contributed by atoms with E-state index in [0.717, 1.165) is 22.4 Å². The van der Waals surface area contributed by atoms with Crippen molar-refractivity contribution < 1.29 is 23.8 Å². The van der Waals surface area contributed by atoms with Gasteiger partial charge in [-0.1, -0.05) is 48.5 Å². The first-order chi connectivity index (χ1) is 22.9. The largest absolute Gasteiger partial charge is 0.495 e. The number of anilines is 2. The summed E-state index contributed by atoms with van der Waals surface area (Å²) in [5, 5.41) is 2.88. The zero-order chi connectivity index (χ0) is 33.2. The molecule has 0 fully saturated rings. The Labute approximate surface area is 274 Å². The summed E-state index contributed by atoms with van der Waals surface area (Å²) in [5.41, 5.74) is 11.3. The molecule has 2 amide bonds. The van der Waals surface area contributed by atoms with Crippen molar-refractivity contribution in [3.63, 3.8) is 0 Å². The molecule has 0 saturated carbocycles. The van der Waals surface area contributed by atoms with Crippen molar-refractivity contribution in [2.45, 2.75) is 20.0 Å². The lowest BCUT2D eigenvalue weighted by atomic mass is 10.1. The third-order valence-electron chi connectivity index (χ3n) is 7.52. The van der Waals surface area contributed by atoms with Crippen LogP contribution in [0.1, 0.15) is 38.3 Å². The Morgan fingerprint density at radius 2 is 1.64 bits per heavy atom. The maximum atomic E-state index is 13.7. The van der Waals surface area contributed by atoms with Gasteiger partial charge in [-0.05, 0) is 85.6 Å². The molecule has 0 aliphatic carbocycles. The standard InChI is InChI=1S/C38H38N4O5/c1-26-12-19-33(36(23-26)47-25-27-13-15-28(16-14-27)31-10-6-7-21-40-31)42(2)38(44)29-17-18-32(35(24-29)45-3)41-37(43)30-9-4-5-11-34(30)46-22-8-20-39/h4-7,9-19,21,23-24H,8,20,22,25,39H2,1-3H3,(H,41,43). The SMILES string of the molecule is COc1cc(C(=O)N(C)c2ccc(C)cc2OCc2ccc(-c3ccccn3)cc2)ccc1NC(=O)c1ccccc1OCCCN. The number of nitrogens with zero attached hydrogens (tertiary/aromatic N) is 2. The molecule has 3 N–H and O–H groups in total. The van der Waals surface area contributed by atoms with Gasteiger partial charge < -0.3 is 30.2 Å². The van der Waals surface area contributed by atoms with Crippen molar-refractivity contribution >= 4 is 23.2 Å². The number of ether oxygens (including phenoxy) is 3. The van der Waals surface area contributed by atoms with E-state index in [1.165, 1.54) is 7.11 Å². The number of pyridine rings is 1. The fourth-order valence-electron chi connectivity index (χ4n) is 4.95. The highest BCUT2D eigenvalue weighted by molar-refractivity contribution is 6.09. The van der Waals surface area contributed by atoms with Crippen LogP contribution in [0.5, 0.6) is 17.2 Å². The number of aryl methyl sites for hydroxylation is 1. The zero-order valence-corrected chi connectivity index (χ0v) is 26.7. The topological polar surface area (TPSA) is 116 Å². The van der Waals surface area contributed by atoms with E-state index >= 15 is 0 Å². The average Bonchev–Trinajstić information content (AvgIpc) is 3.11. The van der Waals surface area contributed by atoms with Crippen molar-refractivity contribution in [3.8, 4) is 28.5 Å². The lowest BCUT2D eigenvalue weighted by Gasteiger charge is -2.22. The normalized spacial score (nSPS) is 10.6. The molecule has 9 nitrogen and oxygen atoms in total. The van der Waals surface area contributed by atoms with E-state index in [9.17, 15) is 9.59 Å². The fraction of sp³-hybridized carbons (Fsp3) is 0.184. The number of hydrogen-bond acceptors (Lipinski definition) is 7. The number of hydrogen-bond donors (Lipinski definition) is 2. The molecule has 0 unspecified atom stereocenters. The molecule has 0 aliphatic rings. The van der Waals surface area contributed by atoms with E-state index in [0.29, 0.717) is 65.9 Å². The van der Waals surface area contributed by atoms with Gasteiger partial charge in [0.1, 0.15) is 23.9 Å². The highest BCUT2D eigenvalue weighted by Crippen LogP contribution is 2.33. The smallest absolute Gasteiger partial charge is 0.259 e. The summed E-state index contributed by atoms with van der Waals surface area (Å²) in [5.74, 6) is 0.749. The van der Waals surface area contributed by atoms with E-state index in [1.807, 2.05) is 67.6 Å². The molecule has 0 saturated heterocycles. The summed E-state index contributed by atoms with van der Waals surface area (Å²) in [4.78, 5) is 32.9. The van der Waals surface area contributed by atoms with E-state index in [-0.39, 0.29) is 11.8 Å². The molecule has 0 radical (unpaired) electrons. The van der Waals surface area contributed by atoms with Gasteiger partial charge in [-0.2, -0.15) is 0 Å². The molecule has 1 heterocycles. The molecule has 4 aromatic carbocycles. The summed E-state index contributed by atoms with van der Waals surface area (Å²) < 4.78 is 17.6. The summed E-state index contributed by atoms with van der Waals surface area (Å²) in [6.45, 7) is 3.20. The van der Waals surface area contributed by atoms with E-state index in [2.05, 4.69) is 10.3 Å². The second-order valence-corrected chi connectivity index (χ2v) is 10.9. The van der Waals surface area contributed by atoms with Crippen LogP contribution >= 0.6 is 0 Å². The first-order valence-electron chi connectivity index (χ1n) is 15.3. The van der Waals surface area contributed by atoms with Crippen LogP contribution < -0.4 is 30.2 Å². The lowest BCUT2D eigenvalue weighted by Crippen LogP contribution is -2.27. The maximum absolute atomic E-state index is 13.7. The minimum atomic E-state index is -0.365. The number of methoxy groups -OCH3 is 1. The summed E-state index contributed by atoms with van der Waals surface area (Å²) >= 11 is 0. The van der Waals surface area contributed by atoms with Crippen LogP contribution in [-0.2, 0) is 6.61 Å². The molecule has 47 heavy (non-hydrogen) atoms. The van der Waals surface area contributed by atoms with E-state index < -0.39 is 0 Å². The molecule has 5 rings (SSSR count). The number of aromatic nitrogens is 1. The zero-order valence-electron chi connectivity index (χ0n) is 26.7. The van der Waals surface area contributed by atoms with Crippen molar-refractivity contribution in [2.24, 2.45) is 5.73 Å². The number of rotatable bonds is 13. The Bertz CT molecular complexity index is 1830. The fourth-order valence-corrected chi connectivity index (χ4v) is 4.95. The van der Waals surface area contributed by atoms with Crippen LogP contribution in [0.15, 0.2) is 109 Å². The van der Waals surface area contributed by atoms with Crippen LogP contribution in [0.2, 0.25) is 0 Å². The number of carbonyl (C=O) groups excluding carboxylic acids is 2. The first kappa shape index (κ1) is 32.7. The second-order valence-electron chi connectivity index (χ2n) is 10.9. The van der Waals surface area contributed by atoms with Crippen LogP contribution in [0, 0.1) is 6.92 Å². The highest BCUT2D eigenvalue weighted by atomic mass is 16.5. The Morgan fingerprint density at radius 1 is 0.851 bits per heavy atom. The minimum Gasteiger partial charge on any atom is -0.495 e. The molecule has 240 valence electrons. The minimum absolute atomic E-state index is 0.270. The van der Waals surface area contributed by atoms with E-state index in [1.54, 1.807) is 60.6 Å².